The molecule has 22 heavy (non-hydrogen) atoms. The zero-order valence-electron chi connectivity index (χ0n) is 12.6. The molecular formula is C16H17BrO4S. The third-order valence-electron chi connectivity index (χ3n) is 3.17. The third kappa shape index (κ3) is 3.62. The molecule has 6 heteroatoms. The van der Waals surface area contributed by atoms with Crippen molar-refractivity contribution in [3.63, 3.8) is 0 Å². The molecule has 0 amide bonds. The number of alkyl halides is 1. The zero-order chi connectivity index (χ0) is 16.3. The maximum Gasteiger partial charge on any atom is 0.339 e. The van der Waals surface area contributed by atoms with Crippen LogP contribution in [0.1, 0.15) is 16.7 Å². The lowest BCUT2D eigenvalue weighted by Crippen LogP contribution is -2.11. The van der Waals surface area contributed by atoms with Crippen LogP contribution in [0.4, 0.5) is 0 Å². The molecule has 0 atom stereocenters. The van der Waals surface area contributed by atoms with E-state index >= 15 is 0 Å². The molecule has 118 valence electrons. The predicted molar refractivity (Wildman–Crippen MR) is 89.4 cm³/mol. The van der Waals surface area contributed by atoms with Crippen molar-refractivity contribution in [2.75, 3.05) is 7.11 Å². The van der Waals surface area contributed by atoms with Crippen molar-refractivity contribution >= 4 is 26.0 Å². The molecule has 2 aromatic rings. The number of ether oxygens (including phenoxy) is 1. The average molecular weight is 385 g/mol. The zero-order valence-corrected chi connectivity index (χ0v) is 15.0. The lowest BCUT2D eigenvalue weighted by molar-refractivity contribution is 0.387. The van der Waals surface area contributed by atoms with Gasteiger partial charge in [-0.15, -0.1) is 0 Å². The molecule has 0 radical (unpaired) electrons. The summed E-state index contributed by atoms with van der Waals surface area (Å²) >= 11 is 3.36. The van der Waals surface area contributed by atoms with Crippen molar-refractivity contribution in [2.45, 2.75) is 24.1 Å². The van der Waals surface area contributed by atoms with E-state index in [-0.39, 0.29) is 10.6 Å². The highest BCUT2D eigenvalue weighted by Crippen LogP contribution is 2.35. The van der Waals surface area contributed by atoms with Crippen LogP contribution < -0.4 is 8.92 Å². The largest absolute Gasteiger partial charge is 0.493 e. The van der Waals surface area contributed by atoms with E-state index in [2.05, 4.69) is 15.9 Å². The predicted octanol–water partition coefficient (Wildman–Crippen LogP) is 3.97. The van der Waals surface area contributed by atoms with Crippen LogP contribution >= 0.6 is 15.9 Å². The number of halogens is 1. The monoisotopic (exact) mass is 384 g/mol. The summed E-state index contributed by atoms with van der Waals surface area (Å²) in [5, 5.41) is 0.596. The molecule has 4 nitrogen and oxygen atoms in total. The van der Waals surface area contributed by atoms with Gasteiger partial charge in [-0.3, -0.25) is 0 Å². The van der Waals surface area contributed by atoms with Gasteiger partial charge in [0.2, 0.25) is 0 Å². The first-order valence-corrected chi connectivity index (χ1v) is 9.15. The Kier molecular flexibility index (Phi) is 5.13. The normalized spacial score (nSPS) is 11.3. The second kappa shape index (κ2) is 6.71. The van der Waals surface area contributed by atoms with Crippen LogP contribution in [0.2, 0.25) is 0 Å². The molecular weight excluding hydrogens is 368 g/mol. The van der Waals surface area contributed by atoms with E-state index in [1.165, 1.54) is 19.2 Å². The van der Waals surface area contributed by atoms with Crippen LogP contribution in [0.25, 0.3) is 0 Å². The molecule has 0 aliphatic heterocycles. The first-order chi connectivity index (χ1) is 10.4. The molecule has 0 saturated heterocycles. The lowest BCUT2D eigenvalue weighted by atomic mass is 10.1. The molecule has 0 aliphatic carbocycles. The molecule has 0 aromatic heterocycles. The fraction of sp³-hybridized carbons (Fsp3) is 0.250. The standard InChI is InChI=1S/C16H17BrO4S/c1-11-4-6-14(7-5-11)22(18,19)21-15-9-13(10-17)8-12(2)16(15)20-3/h4-9H,10H2,1-3H3. The van der Waals surface area contributed by atoms with Gasteiger partial charge in [0, 0.05) is 5.33 Å². The van der Waals surface area contributed by atoms with Crippen molar-refractivity contribution in [3.05, 3.63) is 53.1 Å². The summed E-state index contributed by atoms with van der Waals surface area (Å²) in [5.74, 6) is 0.609. The van der Waals surface area contributed by atoms with E-state index in [9.17, 15) is 8.42 Å². The van der Waals surface area contributed by atoms with Crippen LogP contribution in [-0.2, 0) is 15.4 Å². The highest BCUT2D eigenvalue weighted by Gasteiger charge is 2.20. The smallest absolute Gasteiger partial charge is 0.339 e. The Morgan fingerprint density at radius 3 is 2.27 bits per heavy atom. The van der Waals surface area contributed by atoms with Crippen LogP contribution in [0.3, 0.4) is 0 Å². The maximum absolute atomic E-state index is 12.4. The van der Waals surface area contributed by atoms with Crippen LogP contribution in [-0.4, -0.2) is 15.5 Å². The molecule has 0 heterocycles. The molecule has 2 aromatic carbocycles. The van der Waals surface area contributed by atoms with E-state index in [4.69, 9.17) is 8.92 Å². The van der Waals surface area contributed by atoms with Gasteiger partial charge in [-0.2, -0.15) is 8.42 Å². The van der Waals surface area contributed by atoms with Crippen molar-refractivity contribution < 1.29 is 17.3 Å². The Morgan fingerprint density at radius 2 is 1.73 bits per heavy atom. The van der Waals surface area contributed by atoms with Gasteiger partial charge in [-0.1, -0.05) is 39.7 Å². The Hall–Kier alpha value is -1.53. The fourth-order valence-corrected chi connectivity index (χ4v) is 3.34. The maximum atomic E-state index is 12.4. The molecule has 0 unspecified atom stereocenters. The fourth-order valence-electron chi connectivity index (χ4n) is 2.09. The molecule has 0 aliphatic rings. The summed E-state index contributed by atoms with van der Waals surface area (Å²) in [6.07, 6.45) is 0. The number of hydrogen-bond acceptors (Lipinski definition) is 4. The van der Waals surface area contributed by atoms with Gasteiger partial charge in [0.15, 0.2) is 11.5 Å². The van der Waals surface area contributed by atoms with Crippen molar-refractivity contribution in [3.8, 4) is 11.5 Å². The highest BCUT2D eigenvalue weighted by atomic mass is 79.9. The van der Waals surface area contributed by atoms with Gasteiger partial charge >= 0.3 is 10.1 Å². The van der Waals surface area contributed by atoms with Crippen molar-refractivity contribution in [2.24, 2.45) is 0 Å². The SMILES string of the molecule is COc1c(C)cc(CBr)cc1OS(=O)(=O)c1ccc(C)cc1. The first-order valence-electron chi connectivity index (χ1n) is 6.62. The number of rotatable bonds is 5. The quantitative estimate of drug-likeness (QED) is 0.577. The number of benzene rings is 2. The van der Waals surface area contributed by atoms with Gasteiger partial charge in [-0.25, -0.2) is 0 Å². The minimum atomic E-state index is -3.90. The van der Waals surface area contributed by atoms with Gasteiger partial charge in [0.1, 0.15) is 4.90 Å². The first kappa shape index (κ1) is 16.8. The summed E-state index contributed by atoms with van der Waals surface area (Å²) in [6, 6.07) is 10.1. The van der Waals surface area contributed by atoms with Gasteiger partial charge in [-0.05, 0) is 43.2 Å². The van der Waals surface area contributed by atoms with Gasteiger partial charge in [0.05, 0.1) is 7.11 Å². The number of methoxy groups -OCH3 is 1. The summed E-state index contributed by atoms with van der Waals surface area (Å²) in [4.78, 5) is 0.113. The number of aryl methyl sites for hydroxylation is 2. The van der Waals surface area contributed by atoms with Gasteiger partial charge < -0.3 is 8.92 Å². The summed E-state index contributed by atoms with van der Waals surface area (Å²) in [7, 11) is -2.41. The Labute approximate surface area is 139 Å². The summed E-state index contributed by atoms with van der Waals surface area (Å²) < 4.78 is 35.4. The van der Waals surface area contributed by atoms with Crippen molar-refractivity contribution in [1.82, 2.24) is 0 Å². The van der Waals surface area contributed by atoms with E-state index in [0.717, 1.165) is 16.7 Å². The van der Waals surface area contributed by atoms with E-state index in [1.54, 1.807) is 18.2 Å². The minimum absolute atomic E-state index is 0.113. The molecule has 2 rings (SSSR count). The molecule has 0 spiro atoms. The minimum Gasteiger partial charge on any atom is -0.493 e. The van der Waals surface area contributed by atoms with E-state index < -0.39 is 10.1 Å². The summed E-state index contributed by atoms with van der Waals surface area (Å²) in [6.45, 7) is 3.74. The molecule has 0 bridgehead atoms. The van der Waals surface area contributed by atoms with Crippen LogP contribution in [0.5, 0.6) is 11.5 Å². The van der Waals surface area contributed by atoms with Crippen molar-refractivity contribution in [1.29, 1.82) is 0 Å². The van der Waals surface area contributed by atoms with Gasteiger partial charge in [0.25, 0.3) is 0 Å². The molecule has 0 N–H and O–H groups in total. The average Bonchev–Trinajstić information content (AvgIpc) is 2.47. The molecule has 0 fully saturated rings. The Balaban J connectivity index is 2.44. The van der Waals surface area contributed by atoms with E-state index in [1.807, 2.05) is 19.9 Å². The lowest BCUT2D eigenvalue weighted by Gasteiger charge is -2.14. The van der Waals surface area contributed by atoms with Crippen LogP contribution in [0.15, 0.2) is 41.3 Å². The van der Waals surface area contributed by atoms with Crippen LogP contribution in [0, 0.1) is 13.8 Å². The summed E-state index contributed by atoms with van der Waals surface area (Å²) in [5.41, 5.74) is 2.70. The topological polar surface area (TPSA) is 52.6 Å². The van der Waals surface area contributed by atoms with E-state index in [0.29, 0.717) is 11.1 Å². The second-order valence-electron chi connectivity index (χ2n) is 4.93. The Bertz CT molecular complexity index is 767. The third-order valence-corrected chi connectivity index (χ3v) is 5.06. The second-order valence-corrected chi connectivity index (χ2v) is 7.04. The Morgan fingerprint density at radius 1 is 1.09 bits per heavy atom. The molecule has 0 saturated carbocycles. The highest BCUT2D eigenvalue weighted by molar-refractivity contribution is 9.08. The number of hydrogen-bond donors (Lipinski definition) is 0.